The van der Waals surface area contributed by atoms with E-state index in [1.165, 1.54) is 12.1 Å². The minimum absolute atomic E-state index is 0. The van der Waals surface area contributed by atoms with Crippen molar-refractivity contribution >= 4 is 45.6 Å². The molecule has 3 rings (SSSR count). The number of hydrogen-bond acceptors (Lipinski definition) is 5. The molecule has 2 aromatic rings. The van der Waals surface area contributed by atoms with Crippen LogP contribution in [0.2, 0.25) is 0 Å². The molecule has 176 valence electrons. The van der Waals surface area contributed by atoms with E-state index in [1.807, 2.05) is 18.2 Å². The number of hydrogen-bond donors (Lipinski definition) is 2. The molecular formula is C22H32IN5O3S. The quantitative estimate of drug-likeness (QED) is 0.300. The van der Waals surface area contributed by atoms with Crippen LogP contribution in [-0.4, -0.2) is 65.7 Å². The van der Waals surface area contributed by atoms with Gasteiger partial charge in [-0.25, -0.2) is 13.6 Å². The average Bonchev–Trinajstić information content (AvgIpc) is 2.78. The lowest BCUT2D eigenvalue weighted by atomic mass is 10.1. The topological polar surface area (TPSA) is 100 Å². The van der Waals surface area contributed by atoms with Gasteiger partial charge in [0.2, 0.25) is 10.0 Å². The van der Waals surface area contributed by atoms with Crippen LogP contribution in [0.1, 0.15) is 12.5 Å². The number of primary sulfonamides is 1. The number of nitrogens with zero attached hydrogens (tertiary/aromatic N) is 3. The van der Waals surface area contributed by atoms with Crippen molar-refractivity contribution < 1.29 is 13.2 Å². The molecule has 0 bridgehead atoms. The highest BCUT2D eigenvalue weighted by atomic mass is 127. The molecule has 2 aromatic carbocycles. The first-order valence-electron chi connectivity index (χ1n) is 10.5. The van der Waals surface area contributed by atoms with Crippen molar-refractivity contribution in [3.8, 4) is 5.75 Å². The molecule has 32 heavy (non-hydrogen) atoms. The maximum atomic E-state index is 11.4. The average molecular weight is 574 g/mol. The Kier molecular flexibility index (Phi) is 10.0. The second-order valence-corrected chi connectivity index (χ2v) is 8.88. The normalized spacial score (nSPS) is 14.7. The van der Waals surface area contributed by atoms with Crippen molar-refractivity contribution in [1.29, 1.82) is 0 Å². The smallest absolute Gasteiger partial charge is 0.238 e. The van der Waals surface area contributed by atoms with Crippen molar-refractivity contribution in [1.82, 2.24) is 10.2 Å². The summed E-state index contributed by atoms with van der Waals surface area (Å²) >= 11 is 0. The van der Waals surface area contributed by atoms with Gasteiger partial charge in [-0.1, -0.05) is 24.3 Å². The zero-order chi connectivity index (χ0) is 22.3. The number of halogens is 1. The number of nitrogens with two attached hydrogens (primary N) is 1. The van der Waals surface area contributed by atoms with E-state index >= 15 is 0 Å². The van der Waals surface area contributed by atoms with Crippen molar-refractivity contribution in [2.75, 3.05) is 51.3 Å². The van der Waals surface area contributed by atoms with E-state index < -0.39 is 10.0 Å². The van der Waals surface area contributed by atoms with E-state index in [4.69, 9.17) is 14.9 Å². The molecule has 0 aliphatic carbocycles. The van der Waals surface area contributed by atoms with Crippen molar-refractivity contribution in [3.05, 3.63) is 54.1 Å². The summed E-state index contributed by atoms with van der Waals surface area (Å²) < 4.78 is 28.3. The largest absolute Gasteiger partial charge is 0.495 e. The predicted molar refractivity (Wildman–Crippen MR) is 140 cm³/mol. The summed E-state index contributed by atoms with van der Waals surface area (Å²) in [6.07, 6.45) is 0.723. The lowest BCUT2D eigenvalue weighted by Crippen LogP contribution is -2.52. The fourth-order valence-electron chi connectivity index (χ4n) is 3.61. The van der Waals surface area contributed by atoms with Gasteiger partial charge in [0.15, 0.2) is 5.96 Å². The Morgan fingerprint density at radius 2 is 1.75 bits per heavy atom. The highest BCUT2D eigenvalue weighted by Gasteiger charge is 2.21. The lowest BCUT2D eigenvalue weighted by Gasteiger charge is -2.38. The van der Waals surface area contributed by atoms with Crippen LogP contribution in [0.3, 0.4) is 0 Å². The number of sulfonamides is 1. The summed E-state index contributed by atoms with van der Waals surface area (Å²) in [4.78, 5) is 9.52. The van der Waals surface area contributed by atoms with E-state index in [2.05, 4.69) is 28.1 Å². The number of guanidine groups is 1. The van der Waals surface area contributed by atoms with Crippen LogP contribution in [0.25, 0.3) is 0 Å². The molecule has 0 aromatic heterocycles. The fraction of sp³-hybridized carbons (Fsp3) is 0.409. The molecule has 1 fully saturated rings. The third kappa shape index (κ3) is 6.97. The van der Waals surface area contributed by atoms with Gasteiger partial charge >= 0.3 is 0 Å². The van der Waals surface area contributed by atoms with Gasteiger partial charge in [0.05, 0.1) is 17.7 Å². The summed E-state index contributed by atoms with van der Waals surface area (Å²) in [5.41, 5.74) is 2.14. The zero-order valence-corrected chi connectivity index (χ0v) is 21.7. The maximum absolute atomic E-state index is 11.4. The van der Waals surface area contributed by atoms with Gasteiger partial charge in [-0.05, 0) is 43.2 Å². The second kappa shape index (κ2) is 12.3. The summed E-state index contributed by atoms with van der Waals surface area (Å²) in [5, 5.41) is 8.53. The monoisotopic (exact) mass is 573 g/mol. The van der Waals surface area contributed by atoms with Gasteiger partial charge in [0.25, 0.3) is 0 Å². The van der Waals surface area contributed by atoms with E-state index in [9.17, 15) is 8.42 Å². The Hall–Kier alpha value is -2.05. The van der Waals surface area contributed by atoms with Crippen molar-refractivity contribution in [3.63, 3.8) is 0 Å². The van der Waals surface area contributed by atoms with E-state index in [0.29, 0.717) is 6.54 Å². The van der Waals surface area contributed by atoms with E-state index in [1.54, 1.807) is 19.2 Å². The minimum Gasteiger partial charge on any atom is -0.495 e. The van der Waals surface area contributed by atoms with E-state index in [0.717, 1.165) is 62.1 Å². The summed E-state index contributed by atoms with van der Waals surface area (Å²) in [5.74, 6) is 1.80. The van der Waals surface area contributed by atoms with Crippen LogP contribution in [0, 0.1) is 0 Å². The minimum atomic E-state index is -3.66. The van der Waals surface area contributed by atoms with Crippen LogP contribution in [-0.2, 0) is 16.4 Å². The Morgan fingerprint density at radius 3 is 2.34 bits per heavy atom. The third-order valence-electron chi connectivity index (χ3n) is 5.25. The van der Waals surface area contributed by atoms with Gasteiger partial charge in [0, 0.05) is 39.3 Å². The molecule has 0 saturated carbocycles. The maximum Gasteiger partial charge on any atom is 0.238 e. The van der Waals surface area contributed by atoms with Gasteiger partial charge in [0.1, 0.15) is 5.75 Å². The summed E-state index contributed by atoms with van der Waals surface area (Å²) in [6.45, 7) is 6.99. The van der Waals surface area contributed by atoms with Gasteiger partial charge in [-0.15, -0.1) is 24.0 Å². The molecule has 0 unspecified atom stereocenters. The highest BCUT2D eigenvalue weighted by molar-refractivity contribution is 14.0. The van der Waals surface area contributed by atoms with Gasteiger partial charge in [-0.2, -0.15) is 0 Å². The van der Waals surface area contributed by atoms with E-state index in [-0.39, 0.29) is 28.9 Å². The number of piperazine rings is 1. The summed E-state index contributed by atoms with van der Waals surface area (Å²) in [7, 11) is -1.96. The summed E-state index contributed by atoms with van der Waals surface area (Å²) in [6, 6.07) is 14.7. The Balaban J connectivity index is 0.00000363. The van der Waals surface area contributed by atoms with Crippen LogP contribution in [0.4, 0.5) is 5.69 Å². The number of rotatable bonds is 7. The van der Waals surface area contributed by atoms with Gasteiger partial charge in [-0.3, -0.25) is 4.99 Å². The number of aliphatic imine (C=N–C) groups is 1. The van der Waals surface area contributed by atoms with Crippen LogP contribution >= 0.6 is 24.0 Å². The molecular weight excluding hydrogens is 541 g/mol. The molecule has 0 amide bonds. The molecule has 0 radical (unpaired) electrons. The number of anilines is 1. The van der Waals surface area contributed by atoms with Crippen LogP contribution < -0.4 is 20.1 Å². The Morgan fingerprint density at radius 1 is 1.09 bits per heavy atom. The van der Waals surface area contributed by atoms with Gasteiger partial charge < -0.3 is 19.9 Å². The zero-order valence-electron chi connectivity index (χ0n) is 18.5. The fourth-order valence-corrected chi connectivity index (χ4v) is 4.13. The first kappa shape index (κ1) is 26.2. The molecule has 1 saturated heterocycles. The highest BCUT2D eigenvalue weighted by Crippen LogP contribution is 2.28. The number of benzene rings is 2. The number of para-hydroxylation sites is 2. The molecule has 8 nitrogen and oxygen atoms in total. The second-order valence-electron chi connectivity index (χ2n) is 7.32. The van der Waals surface area contributed by atoms with Crippen LogP contribution in [0.15, 0.2) is 58.4 Å². The predicted octanol–water partition coefficient (Wildman–Crippen LogP) is 2.29. The molecule has 3 N–H and O–H groups in total. The molecule has 0 atom stereocenters. The molecule has 1 aliphatic rings. The molecule has 10 heteroatoms. The third-order valence-corrected chi connectivity index (χ3v) is 6.18. The molecule has 1 heterocycles. The Labute approximate surface area is 207 Å². The standard InChI is InChI=1S/C22H31N5O3S.HI/c1-3-24-22(25-13-12-18-8-10-19(11-9-18)31(23,28)29)27-16-14-26(15-17-27)20-6-4-5-7-21(20)30-2;/h4-11H,3,12-17H2,1-2H3,(H,24,25)(H2,23,28,29);1H. The lowest BCUT2D eigenvalue weighted by molar-refractivity contribution is 0.367. The first-order valence-corrected chi connectivity index (χ1v) is 12.0. The molecule has 0 spiro atoms. The molecule has 1 aliphatic heterocycles. The van der Waals surface area contributed by atoms with Crippen LogP contribution in [0.5, 0.6) is 5.75 Å². The van der Waals surface area contributed by atoms with Crippen molar-refractivity contribution in [2.24, 2.45) is 10.1 Å². The number of ether oxygens (including phenoxy) is 1. The number of nitrogens with one attached hydrogen (secondary N) is 1. The van der Waals surface area contributed by atoms with Crippen molar-refractivity contribution in [2.45, 2.75) is 18.2 Å². The number of methoxy groups -OCH3 is 1. The first-order chi connectivity index (χ1) is 14.9. The SMILES string of the molecule is CCNC(=NCCc1ccc(S(N)(=O)=O)cc1)N1CCN(c2ccccc2OC)CC1.I. The Bertz CT molecular complexity index is 991.